The summed E-state index contributed by atoms with van der Waals surface area (Å²) in [5.74, 6) is 2.10. The molecule has 0 aromatic carbocycles. The Bertz CT molecular complexity index is 578. The molecule has 0 aromatic rings. The number of nitrogens with one attached hydrogen (secondary N) is 1. The van der Waals surface area contributed by atoms with E-state index < -0.39 is 0 Å². The molecule has 4 nitrogen and oxygen atoms in total. The molecule has 4 unspecified atom stereocenters. The zero-order chi connectivity index (χ0) is 17.6. The van der Waals surface area contributed by atoms with Crippen LogP contribution in [0.4, 0.5) is 0 Å². The molecule has 136 valence electrons. The number of carbonyl (C=O) groups is 2. The van der Waals surface area contributed by atoms with Crippen molar-refractivity contribution in [3.8, 4) is 0 Å². The van der Waals surface area contributed by atoms with Gasteiger partial charge in [-0.1, -0.05) is 31.2 Å². The van der Waals surface area contributed by atoms with E-state index >= 15 is 0 Å². The van der Waals surface area contributed by atoms with Gasteiger partial charge in [0.2, 0.25) is 5.91 Å². The van der Waals surface area contributed by atoms with Crippen LogP contribution >= 0.6 is 0 Å². The second kappa shape index (κ2) is 8.50. The summed E-state index contributed by atoms with van der Waals surface area (Å²) >= 11 is 0. The predicted molar refractivity (Wildman–Crippen MR) is 99.7 cm³/mol. The van der Waals surface area contributed by atoms with Crippen molar-refractivity contribution >= 4 is 12.2 Å². The number of hydrogen-bond acceptors (Lipinski definition) is 3. The monoisotopic (exact) mass is 342 g/mol. The Morgan fingerprint density at radius 3 is 3.04 bits per heavy atom. The van der Waals surface area contributed by atoms with Gasteiger partial charge >= 0.3 is 0 Å². The number of allylic oxidation sites excluding steroid dienone is 4. The van der Waals surface area contributed by atoms with E-state index in [0.29, 0.717) is 36.5 Å². The molecule has 2 aliphatic heterocycles. The van der Waals surface area contributed by atoms with E-state index in [1.165, 1.54) is 5.57 Å². The van der Waals surface area contributed by atoms with E-state index in [9.17, 15) is 9.59 Å². The zero-order valence-electron chi connectivity index (χ0n) is 15.2. The van der Waals surface area contributed by atoms with Gasteiger partial charge in [0.1, 0.15) is 6.29 Å². The normalized spacial score (nSPS) is 31.6. The average Bonchev–Trinajstić information content (AvgIpc) is 2.90. The predicted octanol–water partition coefficient (Wildman–Crippen LogP) is 3.08. The van der Waals surface area contributed by atoms with E-state index in [1.807, 2.05) is 11.8 Å². The summed E-state index contributed by atoms with van der Waals surface area (Å²) in [6, 6.07) is 0. The second-order valence-corrected chi connectivity index (χ2v) is 7.46. The van der Waals surface area contributed by atoms with Crippen molar-refractivity contribution < 1.29 is 9.59 Å². The van der Waals surface area contributed by atoms with E-state index in [1.54, 1.807) is 0 Å². The highest BCUT2D eigenvalue weighted by atomic mass is 16.2. The smallest absolute Gasteiger partial charge is 0.222 e. The Labute approximate surface area is 151 Å². The lowest BCUT2D eigenvalue weighted by Crippen LogP contribution is -2.44. The van der Waals surface area contributed by atoms with E-state index in [2.05, 4.69) is 35.8 Å². The van der Waals surface area contributed by atoms with Crippen molar-refractivity contribution in [2.75, 3.05) is 19.6 Å². The summed E-state index contributed by atoms with van der Waals surface area (Å²) in [6.07, 6.45) is 16.7. The van der Waals surface area contributed by atoms with Crippen molar-refractivity contribution in [1.82, 2.24) is 10.2 Å². The highest BCUT2D eigenvalue weighted by molar-refractivity contribution is 5.76. The van der Waals surface area contributed by atoms with E-state index in [0.717, 1.165) is 45.2 Å². The van der Waals surface area contributed by atoms with Crippen LogP contribution in [0.2, 0.25) is 0 Å². The number of aldehydes is 1. The van der Waals surface area contributed by atoms with Gasteiger partial charge in [-0.3, -0.25) is 4.79 Å². The molecule has 3 aliphatic rings. The van der Waals surface area contributed by atoms with Gasteiger partial charge in [-0.2, -0.15) is 0 Å². The van der Waals surface area contributed by atoms with Crippen molar-refractivity contribution in [1.29, 1.82) is 0 Å². The fourth-order valence-corrected chi connectivity index (χ4v) is 4.47. The summed E-state index contributed by atoms with van der Waals surface area (Å²) < 4.78 is 0. The molecule has 1 fully saturated rings. The summed E-state index contributed by atoms with van der Waals surface area (Å²) in [6.45, 7) is 4.59. The van der Waals surface area contributed by atoms with E-state index in [-0.39, 0.29) is 5.91 Å². The quantitative estimate of drug-likeness (QED) is 0.781. The molecule has 2 heterocycles. The summed E-state index contributed by atoms with van der Waals surface area (Å²) in [4.78, 5) is 25.1. The van der Waals surface area contributed by atoms with Crippen LogP contribution < -0.4 is 5.32 Å². The van der Waals surface area contributed by atoms with Gasteiger partial charge < -0.3 is 15.0 Å². The largest absolute Gasteiger partial charge is 0.391 e. The minimum atomic E-state index is 0.246. The number of amides is 1. The fraction of sp³-hybridized carbons (Fsp3) is 0.619. The van der Waals surface area contributed by atoms with Crippen LogP contribution in [0, 0.1) is 23.7 Å². The van der Waals surface area contributed by atoms with Gasteiger partial charge in [-0.15, -0.1) is 0 Å². The number of nitrogens with zero attached hydrogens (tertiary/aromatic N) is 1. The third-order valence-electron chi connectivity index (χ3n) is 5.97. The zero-order valence-corrected chi connectivity index (χ0v) is 15.2. The lowest BCUT2D eigenvalue weighted by molar-refractivity contribution is -0.133. The van der Waals surface area contributed by atoms with Gasteiger partial charge in [0.15, 0.2) is 0 Å². The Kier molecular flexibility index (Phi) is 6.11. The molecule has 1 saturated heterocycles. The van der Waals surface area contributed by atoms with Crippen LogP contribution in [0.1, 0.15) is 39.0 Å². The van der Waals surface area contributed by atoms with E-state index in [4.69, 9.17) is 0 Å². The molecule has 4 heteroatoms. The maximum atomic E-state index is 12.2. The molecular weight excluding hydrogens is 312 g/mol. The number of fused-ring (bicyclic) bond motifs is 1. The molecule has 1 N–H and O–H groups in total. The van der Waals surface area contributed by atoms with Gasteiger partial charge in [0.25, 0.3) is 0 Å². The first-order valence-electron chi connectivity index (χ1n) is 9.74. The van der Waals surface area contributed by atoms with Crippen molar-refractivity contribution in [3.05, 3.63) is 36.1 Å². The number of rotatable bonds is 5. The molecule has 4 atom stereocenters. The van der Waals surface area contributed by atoms with Gasteiger partial charge in [-0.05, 0) is 42.9 Å². The van der Waals surface area contributed by atoms with Crippen LogP contribution in [0.15, 0.2) is 36.1 Å². The highest BCUT2D eigenvalue weighted by Crippen LogP contribution is 2.38. The molecule has 1 amide bonds. The molecule has 25 heavy (non-hydrogen) atoms. The topological polar surface area (TPSA) is 49.4 Å². The summed E-state index contributed by atoms with van der Waals surface area (Å²) in [7, 11) is 0. The van der Waals surface area contributed by atoms with Crippen LogP contribution in [0.5, 0.6) is 0 Å². The first kappa shape index (κ1) is 18.0. The standard InChI is InChI=1S/C21H30N2O2/c1-2-21(25)23-12-9-17(4-3-13-24)20(15-23)19-6-5-16-7-10-22-11-8-18(16)14-19/h5-6,8,11,13-14,16-18,20,22H,2-4,7,9-10,12,15H2,1H3. The highest BCUT2D eigenvalue weighted by Gasteiger charge is 2.34. The van der Waals surface area contributed by atoms with Crippen LogP contribution in [-0.4, -0.2) is 36.7 Å². The molecular formula is C21H30N2O2. The maximum Gasteiger partial charge on any atom is 0.222 e. The van der Waals surface area contributed by atoms with Gasteiger partial charge in [-0.25, -0.2) is 0 Å². The Morgan fingerprint density at radius 1 is 1.36 bits per heavy atom. The molecule has 0 radical (unpaired) electrons. The van der Waals surface area contributed by atoms with Gasteiger partial charge in [0.05, 0.1) is 0 Å². The molecule has 0 aromatic heterocycles. The van der Waals surface area contributed by atoms with Crippen molar-refractivity contribution in [2.45, 2.75) is 39.0 Å². The third-order valence-corrected chi connectivity index (χ3v) is 5.97. The van der Waals surface area contributed by atoms with Gasteiger partial charge in [0, 0.05) is 44.3 Å². The third kappa shape index (κ3) is 4.23. The lowest BCUT2D eigenvalue weighted by Gasteiger charge is -2.40. The van der Waals surface area contributed by atoms with Crippen LogP contribution in [-0.2, 0) is 9.59 Å². The first-order chi connectivity index (χ1) is 12.2. The molecule has 1 aliphatic carbocycles. The second-order valence-electron chi connectivity index (χ2n) is 7.46. The Morgan fingerprint density at radius 2 is 2.24 bits per heavy atom. The average molecular weight is 342 g/mol. The maximum absolute atomic E-state index is 12.2. The summed E-state index contributed by atoms with van der Waals surface area (Å²) in [5.41, 5.74) is 1.36. The summed E-state index contributed by atoms with van der Waals surface area (Å²) in [5, 5.41) is 3.33. The number of piperidine rings is 1. The number of likely N-dealkylation sites (tertiary alicyclic amines) is 1. The number of hydrogen-bond donors (Lipinski definition) is 1. The molecule has 0 spiro atoms. The van der Waals surface area contributed by atoms with Crippen LogP contribution in [0.3, 0.4) is 0 Å². The molecule has 3 rings (SSSR count). The van der Waals surface area contributed by atoms with Crippen LogP contribution in [0.25, 0.3) is 0 Å². The minimum Gasteiger partial charge on any atom is -0.391 e. The SMILES string of the molecule is CCC(=O)N1CCC(CCC=O)C(C2=CC3C=CNCCC3C=C2)C1. The number of carbonyl (C=O) groups excluding carboxylic acids is 2. The minimum absolute atomic E-state index is 0.246. The lowest BCUT2D eigenvalue weighted by atomic mass is 9.73. The Hall–Kier alpha value is -1.84. The fourth-order valence-electron chi connectivity index (χ4n) is 4.47. The van der Waals surface area contributed by atoms with Crippen molar-refractivity contribution in [2.24, 2.45) is 23.7 Å². The molecule has 0 bridgehead atoms. The van der Waals surface area contributed by atoms with Crippen molar-refractivity contribution in [3.63, 3.8) is 0 Å². The Balaban J connectivity index is 1.79. The molecule has 0 saturated carbocycles. The first-order valence-corrected chi connectivity index (χ1v) is 9.74.